The Morgan fingerprint density at radius 3 is 3.12 bits per heavy atom. The third kappa shape index (κ3) is 1.97. The lowest BCUT2D eigenvalue weighted by Crippen LogP contribution is -2.54. The van der Waals surface area contributed by atoms with E-state index in [1.165, 1.54) is 19.3 Å². The summed E-state index contributed by atoms with van der Waals surface area (Å²) in [5.74, 6) is 1.66. The van der Waals surface area contributed by atoms with Gasteiger partial charge in [-0.05, 0) is 38.1 Å². The van der Waals surface area contributed by atoms with Crippen molar-refractivity contribution in [1.29, 1.82) is 0 Å². The number of morpholine rings is 1. The standard InChI is InChI=1S/C13H22N2O2/c1-9-8-17-6-5-15(9)13(16)12-11-4-2-3-10(11)7-14-12/h9-12,14H,2-8H2,1H3. The Labute approximate surface area is 103 Å². The van der Waals surface area contributed by atoms with Crippen LogP contribution in [-0.2, 0) is 9.53 Å². The minimum absolute atomic E-state index is 0.0862. The lowest BCUT2D eigenvalue weighted by Gasteiger charge is -2.36. The predicted molar refractivity (Wildman–Crippen MR) is 64.6 cm³/mol. The molecule has 0 spiro atoms. The number of carbonyl (C=O) groups excluding carboxylic acids is 1. The van der Waals surface area contributed by atoms with E-state index in [1.807, 2.05) is 4.90 Å². The molecule has 0 bridgehead atoms. The zero-order chi connectivity index (χ0) is 11.8. The van der Waals surface area contributed by atoms with E-state index < -0.39 is 0 Å². The summed E-state index contributed by atoms with van der Waals surface area (Å²) in [6.45, 7) is 5.26. The average molecular weight is 238 g/mol. The van der Waals surface area contributed by atoms with Crippen LogP contribution in [0.1, 0.15) is 26.2 Å². The molecule has 4 unspecified atom stereocenters. The molecule has 4 heteroatoms. The third-order valence-electron chi connectivity index (χ3n) is 4.66. The highest BCUT2D eigenvalue weighted by Gasteiger charge is 2.44. The molecule has 2 saturated heterocycles. The van der Waals surface area contributed by atoms with E-state index >= 15 is 0 Å². The van der Waals surface area contributed by atoms with Gasteiger partial charge in [0.2, 0.25) is 5.91 Å². The topological polar surface area (TPSA) is 41.6 Å². The lowest BCUT2D eigenvalue weighted by molar-refractivity contribution is -0.142. The predicted octanol–water partition coefficient (Wildman–Crippen LogP) is 0.622. The van der Waals surface area contributed by atoms with E-state index in [0.29, 0.717) is 25.0 Å². The number of rotatable bonds is 1. The van der Waals surface area contributed by atoms with Gasteiger partial charge in [-0.15, -0.1) is 0 Å². The maximum Gasteiger partial charge on any atom is 0.240 e. The van der Waals surface area contributed by atoms with Crippen molar-refractivity contribution in [2.75, 3.05) is 26.3 Å². The Morgan fingerprint density at radius 1 is 1.41 bits per heavy atom. The molecule has 4 nitrogen and oxygen atoms in total. The number of nitrogens with one attached hydrogen (secondary N) is 1. The van der Waals surface area contributed by atoms with E-state index in [0.717, 1.165) is 19.0 Å². The summed E-state index contributed by atoms with van der Waals surface area (Å²) in [6, 6.07) is 0.321. The molecule has 0 radical (unpaired) electrons. The van der Waals surface area contributed by atoms with Crippen LogP contribution in [0.25, 0.3) is 0 Å². The second kappa shape index (κ2) is 4.58. The molecule has 2 heterocycles. The van der Waals surface area contributed by atoms with Gasteiger partial charge in [0, 0.05) is 6.54 Å². The first kappa shape index (κ1) is 11.5. The molecular formula is C13H22N2O2. The summed E-state index contributed by atoms with van der Waals surface area (Å²) in [5, 5.41) is 3.44. The van der Waals surface area contributed by atoms with Gasteiger partial charge in [-0.25, -0.2) is 0 Å². The number of hydrogen-bond donors (Lipinski definition) is 1. The van der Waals surface area contributed by atoms with Crippen molar-refractivity contribution < 1.29 is 9.53 Å². The SMILES string of the molecule is CC1COCCN1C(=O)C1NCC2CCCC21. The maximum absolute atomic E-state index is 12.6. The minimum atomic E-state index is 0.0862. The first-order valence-electron chi connectivity index (χ1n) is 6.89. The molecule has 3 rings (SSSR count). The number of hydrogen-bond acceptors (Lipinski definition) is 3. The Hall–Kier alpha value is -0.610. The quantitative estimate of drug-likeness (QED) is 0.728. The van der Waals surface area contributed by atoms with Gasteiger partial charge < -0.3 is 15.0 Å². The van der Waals surface area contributed by atoms with Crippen LogP contribution in [0.3, 0.4) is 0 Å². The van der Waals surface area contributed by atoms with Crippen LogP contribution in [0.2, 0.25) is 0 Å². The molecule has 3 aliphatic rings. The Balaban J connectivity index is 1.69. The van der Waals surface area contributed by atoms with Crippen LogP contribution in [0.5, 0.6) is 0 Å². The Bertz CT molecular complexity index is 308. The normalized spacial score (nSPS) is 41.6. The van der Waals surface area contributed by atoms with Gasteiger partial charge in [0.15, 0.2) is 0 Å². The molecule has 1 N–H and O–H groups in total. The first-order chi connectivity index (χ1) is 8.27. The largest absolute Gasteiger partial charge is 0.377 e. The highest BCUT2D eigenvalue weighted by Crippen LogP contribution is 2.38. The van der Waals surface area contributed by atoms with Crippen molar-refractivity contribution in [1.82, 2.24) is 10.2 Å². The van der Waals surface area contributed by atoms with Crippen molar-refractivity contribution in [2.45, 2.75) is 38.3 Å². The molecule has 1 aliphatic carbocycles. The van der Waals surface area contributed by atoms with Crippen molar-refractivity contribution in [3.63, 3.8) is 0 Å². The third-order valence-corrected chi connectivity index (χ3v) is 4.66. The zero-order valence-electron chi connectivity index (χ0n) is 10.5. The van der Waals surface area contributed by atoms with Gasteiger partial charge in [0.25, 0.3) is 0 Å². The molecule has 2 aliphatic heterocycles. The Kier molecular flexibility index (Phi) is 3.09. The van der Waals surface area contributed by atoms with Crippen molar-refractivity contribution in [2.24, 2.45) is 11.8 Å². The van der Waals surface area contributed by atoms with Crippen LogP contribution >= 0.6 is 0 Å². The summed E-state index contributed by atoms with van der Waals surface area (Å²) in [6.07, 6.45) is 3.84. The van der Waals surface area contributed by atoms with Crippen LogP contribution in [0.4, 0.5) is 0 Å². The monoisotopic (exact) mass is 238 g/mol. The minimum Gasteiger partial charge on any atom is -0.377 e. The molecule has 0 aromatic rings. The molecular weight excluding hydrogens is 216 g/mol. The van der Waals surface area contributed by atoms with Gasteiger partial charge in [-0.3, -0.25) is 4.79 Å². The molecule has 0 aromatic carbocycles. The van der Waals surface area contributed by atoms with Crippen molar-refractivity contribution in [3.8, 4) is 0 Å². The second-order valence-electron chi connectivity index (χ2n) is 5.70. The van der Waals surface area contributed by atoms with Gasteiger partial charge in [0.1, 0.15) is 0 Å². The summed E-state index contributed by atoms with van der Waals surface area (Å²) in [7, 11) is 0. The van der Waals surface area contributed by atoms with E-state index in [-0.39, 0.29) is 12.1 Å². The van der Waals surface area contributed by atoms with Crippen LogP contribution in [0.15, 0.2) is 0 Å². The van der Waals surface area contributed by atoms with E-state index in [1.54, 1.807) is 0 Å². The molecule has 1 saturated carbocycles. The number of amides is 1. The van der Waals surface area contributed by atoms with Gasteiger partial charge in [-0.1, -0.05) is 6.42 Å². The zero-order valence-corrected chi connectivity index (χ0v) is 10.5. The highest BCUT2D eigenvalue weighted by atomic mass is 16.5. The summed E-state index contributed by atoms with van der Waals surface area (Å²) in [5.41, 5.74) is 0. The fraction of sp³-hybridized carbons (Fsp3) is 0.923. The summed E-state index contributed by atoms with van der Waals surface area (Å²) >= 11 is 0. The number of ether oxygens (including phenoxy) is 1. The fourth-order valence-corrected chi connectivity index (χ4v) is 3.69. The van der Waals surface area contributed by atoms with E-state index in [9.17, 15) is 4.79 Å². The number of fused-ring (bicyclic) bond motifs is 1. The van der Waals surface area contributed by atoms with E-state index in [4.69, 9.17) is 4.74 Å². The molecule has 17 heavy (non-hydrogen) atoms. The van der Waals surface area contributed by atoms with Crippen LogP contribution < -0.4 is 5.32 Å². The van der Waals surface area contributed by atoms with E-state index in [2.05, 4.69) is 12.2 Å². The molecule has 96 valence electrons. The number of nitrogens with zero attached hydrogens (tertiary/aromatic N) is 1. The average Bonchev–Trinajstić information content (AvgIpc) is 2.90. The molecule has 4 atom stereocenters. The molecule has 3 fully saturated rings. The maximum atomic E-state index is 12.6. The van der Waals surface area contributed by atoms with Crippen molar-refractivity contribution in [3.05, 3.63) is 0 Å². The smallest absolute Gasteiger partial charge is 0.240 e. The lowest BCUT2D eigenvalue weighted by atomic mass is 9.93. The van der Waals surface area contributed by atoms with Crippen LogP contribution in [-0.4, -0.2) is 49.2 Å². The first-order valence-corrected chi connectivity index (χ1v) is 6.89. The van der Waals surface area contributed by atoms with Gasteiger partial charge in [-0.2, -0.15) is 0 Å². The van der Waals surface area contributed by atoms with Crippen molar-refractivity contribution >= 4 is 5.91 Å². The molecule has 1 amide bonds. The van der Waals surface area contributed by atoms with Gasteiger partial charge >= 0.3 is 0 Å². The number of carbonyl (C=O) groups is 1. The Morgan fingerprint density at radius 2 is 2.29 bits per heavy atom. The van der Waals surface area contributed by atoms with Gasteiger partial charge in [0.05, 0.1) is 25.3 Å². The second-order valence-corrected chi connectivity index (χ2v) is 5.70. The summed E-state index contributed by atoms with van der Waals surface area (Å²) in [4.78, 5) is 14.6. The van der Waals surface area contributed by atoms with Crippen LogP contribution in [0, 0.1) is 11.8 Å². The molecule has 0 aromatic heterocycles. The highest BCUT2D eigenvalue weighted by molar-refractivity contribution is 5.83. The fourth-order valence-electron chi connectivity index (χ4n) is 3.69. The summed E-state index contributed by atoms with van der Waals surface area (Å²) < 4.78 is 5.40.